The molecule has 0 fully saturated rings. The van der Waals surface area contributed by atoms with E-state index < -0.39 is 0 Å². The van der Waals surface area contributed by atoms with E-state index in [0.29, 0.717) is 6.54 Å². The Hall–Kier alpha value is -1.69. The van der Waals surface area contributed by atoms with E-state index in [1.54, 1.807) is 9.36 Å². The Bertz CT molecular complexity index is 429. The van der Waals surface area contributed by atoms with Gasteiger partial charge in [0.2, 0.25) is 0 Å². The van der Waals surface area contributed by atoms with Crippen LogP contribution in [0.4, 0.5) is 0 Å². The molecule has 2 N–H and O–H groups in total. The Kier molecular flexibility index (Phi) is 2.77. The maximum absolute atomic E-state index is 5.44. The molecule has 0 saturated heterocycles. The van der Waals surface area contributed by atoms with Gasteiger partial charge in [0.05, 0.1) is 11.9 Å². The Morgan fingerprint density at radius 1 is 1.40 bits per heavy atom. The minimum absolute atomic E-state index is 0.437. The highest BCUT2D eigenvalue weighted by Crippen LogP contribution is 2.00. The number of aromatic nitrogens is 5. The van der Waals surface area contributed by atoms with E-state index in [1.165, 1.54) is 5.56 Å². The lowest BCUT2D eigenvalue weighted by Gasteiger charge is -1.96. The van der Waals surface area contributed by atoms with Crippen LogP contribution in [0.25, 0.3) is 0 Å². The fourth-order valence-corrected chi connectivity index (χ4v) is 1.39. The number of hydrogen-bond acceptors (Lipinski definition) is 4. The summed E-state index contributed by atoms with van der Waals surface area (Å²) in [6.07, 6.45) is 6.64. The molecule has 2 aromatic rings. The van der Waals surface area contributed by atoms with Crippen molar-refractivity contribution in [3.8, 4) is 0 Å². The van der Waals surface area contributed by atoms with Crippen molar-refractivity contribution in [1.29, 1.82) is 0 Å². The van der Waals surface area contributed by atoms with Crippen LogP contribution in [0.1, 0.15) is 11.3 Å². The molecule has 0 amide bonds. The van der Waals surface area contributed by atoms with E-state index in [-0.39, 0.29) is 0 Å². The lowest BCUT2D eigenvalue weighted by Crippen LogP contribution is -2.01. The molecule has 15 heavy (non-hydrogen) atoms. The Morgan fingerprint density at radius 2 is 2.27 bits per heavy atom. The molecule has 0 unspecified atom stereocenters. The van der Waals surface area contributed by atoms with Crippen LogP contribution >= 0.6 is 0 Å². The van der Waals surface area contributed by atoms with Crippen LogP contribution in [-0.4, -0.2) is 24.8 Å². The zero-order chi connectivity index (χ0) is 10.7. The molecule has 0 aliphatic heterocycles. The zero-order valence-corrected chi connectivity index (χ0v) is 8.67. The smallest absolute Gasteiger partial charge is 0.0962 e. The number of nitrogens with zero attached hydrogens (tertiary/aromatic N) is 5. The van der Waals surface area contributed by atoms with Gasteiger partial charge in [0.25, 0.3) is 0 Å². The Balaban J connectivity index is 1.93. The molecule has 6 heteroatoms. The highest BCUT2D eigenvalue weighted by molar-refractivity contribution is 5.03. The first-order valence-electron chi connectivity index (χ1n) is 4.84. The molecular weight excluding hydrogens is 192 g/mol. The molecule has 0 spiro atoms. The molecule has 2 heterocycles. The first-order valence-corrected chi connectivity index (χ1v) is 4.84. The third-order valence-electron chi connectivity index (χ3n) is 2.18. The van der Waals surface area contributed by atoms with Crippen LogP contribution in [0, 0.1) is 0 Å². The summed E-state index contributed by atoms with van der Waals surface area (Å²) in [6, 6.07) is 0. The normalized spacial score (nSPS) is 10.8. The molecular formula is C9H14N6. The van der Waals surface area contributed by atoms with Gasteiger partial charge in [0.15, 0.2) is 0 Å². The van der Waals surface area contributed by atoms with Gasteiger partial charge >= 0.3 is 0 Å². The van der Waals surface area contributed by atoms with Crippen molar-refractivity contribution in [2.45, 2.75) is 19.5 Å². The number of aryl methyl sites for hydroxylation is 3. The maximum Gasteiger partial charge on any atom is 0.0962 e. The standard InChI is InChI=1S/C9H14N6/c1-14-6-8(5-11-14)2-3-15-7-9(4-10)12-13-15/h5-7H,2-4,10H2,1H3. The number of rotatable bonds is 4. The molecule has 80 valence electrons. The van der Waals surface area contributed by atoms with Gasteiger partial charge in [-0.2, -0.15) is 5.10 Å². The quantitative estimate of drug-likeness (QED) is 0.746. The lowest BCUT2D eigenvalue weighted by molar-refractivity contribution is 0.589. The van der Waals surface area contributed by atoms with E-state index in [1.807, 2.05) is 25.6 Å². The van der Waals surface area contributed by atoms with E-state index in [2.05, 4.69) is 15.4 Å². The SMILES string of the molecule is Cn1cc(CCn2cc(CN)nn2)cn1. The topological polar surface area (TPSA) is 74.5 Å². The van der Waals surface area contributed by atoms with Crippen LogP contribution in [-0.2, 0) is 26.6 Å². The van der Waals surface area contributed by atoms with E-state index in [9.17, 15) is 0 Å². The lowest BCUT2D eigenvalue weighted by atomic mass is 10.2. The molecule has 0 atom stereocenters. The molecule has 0 aromatic carbocycles. The Labute approximate surface area is 87.7 Å². The summed E-state index contributed by atoms with van der Waals surface area (Å²) in [5.41, 5.74) is 7.46. The van der Waals surface area contributed by atoms with Gasteiger partial charge in [-0.1, -0.05) is 5.21 Å². The minimum Gasteiger partial charge on any atom is -0.325 e. The molecule has 0 bridgehead atoms. The largest absolute Gasteiger partial charge is 0.325 e. The van der Waals surface area contributed by atoms with Crippen molar-refractivity contribution in [3.05, 3.63) is 29.8 Å². The van der Waals surface area contributed by atoms with E-state index >= 15 is 0 Å². The summed E-state index contributed by atoms with van der Waals surface area (Å²) in [5, 5.41) is 12.0. The number of nitrogens with two attached hydrogens (primary N) is 1. The molecule has 6 nitrogen and oxygen atoms in total. The average molecular weight is 206 g/mol. The fraction of sp³-hybridized carbons (Fsp3) is 0.444. The first-order chi connectivity index (χ1) is 7.28. The highest BCUT2D eigenvalue weighted by atomic mass is 15.4. The highest BCUT2D eigenvalue weighted by Gasteiger charge is 2.00. The maximum atomic E-state index is 5.44. The van der Waals surface area contributed by atoms with E-state index in [4.69, 9.17) is 5.73 Å². The van der Waals surface area contributed by atoms with Crippen LogP contribution < -0.4 is 5.73 Å². The van der Waals surface area contributed by atoms with Crippen molar-refractivity contribution in [1.82, 2.24) is 24.8 Å². The molecule has 2 aromatic heterocycles. The van der Waals surface area contributed by atoms with Crippen LogP contribution in [0.3, 0.4) is 0 Å². The number of hydrogen-bond donors (Lipinski definition) is 1. The van der Waals surface area contributed by atoms with Crippen molar-refractivity contribution in [2.75, 3.05) is 0 Å². The van der Waals surface area contributed by atoms with Gasteiger partial charge in [-0.05, 0) is 12.0 Å². The molecule has 0 saturated carbocycles. The average Bonchev–Trinajstić information content (AvgIpc) is 2.83. The summed E-state index contributed by atoms with van der Waals surface area (Å²) < 4.78 is 3.59. The molecule has 0 radical (unpaired) electrons. The van der Waals surface area contributed by atoms with Gasteiger partial charge in [-0.25, -0.2) is 0 Å². The minimum atomic E-state index is 0.437. The van der Waals surface area contributed by atoms with Crippen LogP contribution in [0.5, 0.6) is 0 Å². The molecule has 2 rings (SSSR count). The Morgan fingerprint density at radius 3 is 2.87 bits per heavy atom. The van der Waals surface area contributed by atoms with Gasteiger partial charge in [0.1, 0.15) is 0 Å². The first kappa shape index (κ1) is 9.85. The second kappa shape index (κ2) is 4.22. The van der Waals surface area contributed by atoms with Gasteiger partial charge in [-0.15, -0.1) is 5.10 Å². The predicted molar refractivity (Wildman–Crippen MR) is 54.8 cm³/mol. The second-order valence-electron chi connectivity index (χ2n) is 3.45. The van der Waals surface area contributed by atoms with Gasteiger partial charge < -0.3 is 5.73 Å². The molecule has 0 aliphatic carbocycles. The second-order valence-corrected chi connectivity index (χ2v) is 3.45. The zero-order valence-electron chi connectivity index (χ0n) is 8.67. The third kappa shape index (κ3) is 2.41. The molecule has 0 aliphatic rings. The van der Waals surface area contributed by atoms with Crippen molar-refractivity contribution >= 4 is 0 Å². The monoisotopic (exact) mass is 206 g/mol. The fourth-order valence-electron chi connectivity index (χ4n) is 1.39. The van der Waals surface area contributed by atoms with Crippen LogP contribution in [0.15, 0.2) is 18.6 Å². The van der Waals surface area contributed by atoms with Gasteiger partial charge in [0, 0.05) is 32.5 Å². The third-order valence-corrected chi connectivity index (χ3v) is 2.18. The van der Waals surface area contributed by atoms with Gasteiger partial charge in [-0.3, -0.25) is 9.36 Å². The summed E-state index contributed by atoms with van der Waals surface area (Å²) in [7, 11) is 1.91. The van der Waals surface area contributed by atoms with E-state index in [0.717, 1.165) is 18.7 Å². The summed E-state index contributed by atoms with van der Waals surface area (Å²) in [5.74, 6) is 0. The summed E-state index contributed by atoms with van der Waals surface area (Å²) in [4.78, 5) is 0. The van der Waals surface area contributed by atoms with Crippen LogP contribution in [0.2, 0.25) is 0 Å². The summed E-state index contributed by atoms with van der Waals surface area (Å²) >= 11 is 0. The van der Waals surface area contributed by atoms with Crippen molar-refractivity contribution in [3.63, 3.8) is 0 Å². The van der Waals surface area contributed by atoms with Crippen molar-refractivity contribution in [2.24, 2.45) is 12.8 Å². The summed E-state index contributed by atoms with van der Waals surface area (Å²) in [6.45, 7) is 1.24. The van der Waals surface area contributed by atoms with Crippen molar-refractivity contribution < 1.29 is 0 Å². The predicted octanol–water partition coefficient (Wildman–Crippen LogP) is -0.287.